The van der Waals surface area contributed by atoms with Crippen LogP contribution in [0.4, 0.5) is 5.82 Å². The maximum atomic E-state index is 10.3. The van der Waals surface area contributed by atoms with Crippen molar-refractivity contribution in [3.8, 4) is 11.1 Å². The fourth-order valence-corrected chi connectivity index (χ4v) is 3.51. The van der Waals surface area contributed by atoms with Crippen LogP contribution in [0.15, 0.2) is 42.7 Å². The molecule has 6 heteroatoms. The summed E-state index contributed by atoms with van der Waals surface area (Å²) < 4.78 is 0. The zero-order valence-corrected chi connectivity index (χ0v) is 14.3. The molecular weight excluding hydrogens is 345 g/mol. The van der Waals surface area contributed by atoms with Gasteiger partial charge in [0.1, 0.15) is 18.4 Å². The molecule has 3 aromatic rings. The number of halogens is 2. The third kappa shape index (κ3) is 2.61. The SMILES string of the molecule is OC1CCCN1c1ncnc2cccc(-c3ccc(Cl)c(Cl)c3)c12. The first kappa shape index (κ1) is 15.6. The Bertz CT molecular complexity index is 911. The number of aliphatic hydroxyl groups excluding tert-OH is 1. The molecule has 1 saturated heterocycles. The Morgan fingerprint density at radius 1 is 1.08 bits per heavy atom. The van der Waals surface area contributed by atoms with Crippen molar-refractivity contribution in [2.24, 2.45) is 0 Å². The molecule has 1 aromatic heterocycles. The van der Waals surface area contributed by atoms with Crippen LogP contribution in [0.1, 0.15) is 12.8 Å². The van der Waals surface area contributed by atoms with Gasteiger partial charge in [-0.15, -0.1) is 0 Å². The standard InChI is InChI=1S/C18H15Cl2N3O/c19-13-7-6-11(9-14(13)20)12-3-1-4-15-17(12)18(22-10-21-15)23-8-2-5-16(23)24/h1,3-4,6-7,9-10,16,24H,2,5,8H2. The summed E-state index contributed by atoms with van der Waals surface area (Å²) in [5.41, 5.74) is 2.75. The van der Waals surface area contributed by atoms with Crippen LogP contribution in [0.3, 0.4) is 0 Å². The van der Waals surface area contributed by atoms with Crippen LogP contribution in [-0.2, 0) is 0 Å². The van der Waals surface area contributed by atoms with E-state index in [-0.39, 0.29) is 0 Å². The molecule has 122 valence electrons. The smallest absolute Gasteiger partial charge is 0.142 e. The molecule has 0 amide bonds. The summed E-state index contributed by atoms with van der Waals surface area (Å²) in [6.45, 7) is 0.781. The van der Waals surface area contributed by atoms with Gasteiger partial charge in [-0.3, -0.25) is 0 Å². The van der Waals surface area contributed by atoms with Crippen molar-refractivity contribution in [2.45, 2.75) is 19.1 Å². The lowest BCUT2D eigenvalue weighted by atomic mass is 10.0. The minimum Gasteiger partial charge on any atom is -0.374 e. The van der Waals surface area contributed by atoms with Crippen LogP contribution < -0.4 is 4.90 Å². The number of aliphatic hydroxyl groups is 1. The Morgan fingerprint density at radius 2 is 1.96 bits per heavy atom. The third-order valence-corrected chi connectivity index (χ3v) is 5.11. The molecule has 4 nitrogen and oxygen atoms in total. The second-order valence-corrected chi connectivity index (χ2v) is 6.66. The molecule has 4 rings (SSSR count). The van der Waals surface area contributed by atoms with Gasteiger partial charge in [-0.1, -0.05) is 41.4 Å². The minimum atomic E-state index is -0.509. The van der Waals surface area contributed by atoms with Gasteiger partial charge < -0.3 is 10.0 Å². The van der Waals surface area contributed by atoms with Crippen molar-refractivity contribution in [1.82, 2.24) is 9.97 Å². The molecule has 1 aliphatic rings. The highest BCUT2D eigenvalue weighted by atomic mass is 35.5. The van der Waals surface area contributed by atoms with Gasteiger partial charge in [-0.05, 0) is 42.2 Å². The summed E-state index contributed by atoms with van der Waals surface area (Å²) in [7, 11) is 0. The molecule has 2 heterocycles. The summed E-state index contributed by atoms with van der Waals surface area (Å²) in [4.78, 5) is 10.8. The molecule has 24 heavy (non-hydrogen) atoms. The summed E-state index contributed by atoms with van der Waals surface area (Å²) in [5.74, 6) is 0.756. The van der Waals surface area contributed by atoms with Gasteiger partial charge in [0.25, 0.3) is 0 Å². The molecule has 1 atom stereocenters. The summed E-state index contributed by atoms with van der Waals surface area (Å²) >= 11 is 12.2. The fraction of sp³-hybridized carbons (Fsp3) is 0.222. The van der Waals surface area contributed by atoms with Crippen LogP contribution in [0.25, 0.3) is 22.0 Å². The molecule has 0 spiro atoms. The van der Waals surface area contributed by atoms with Gasteiger partial charge >= 0.3 is 0 Å². The van der Waals surface area contributed by atoms with E-state index in [0.29, 0.717) is 10.0 Å². The predicted molar refractivity (Wildman–Crippen MR) is 97.6 cm³/mol. The van der Waals surface area contributed by atoms with Gasteiger partial charge in [0.05, 0.1) is 20.9 Å². The normalized spacial score (nSPS) is 17.6. The number of rotatable bonds is 2. The number of fused-ring (bicyclic) bond motifs is 1. The van der Waals surface area contributed by atoms with Gasteiger partial charge in [-0.2, -0.15) is 0 Å². The van der Waals surface area contributed by atoms with E-state index in [1.54, 1.807) is 12.4 Å². The number of hydrogen-bond acceptors (Lipinski definition) is 4. The van der Waals surface area contributed by atoms with E-state index in [0.717, 1.165) is 47.2 Å². The van der Waals surface area contributed by atoms with E-state index in [1.807, 2.05) is 35.2 Å². The van der Waals surface area contributed by atoms with Gasteiger partial charge in [0, 0.05) is 6.54 Å². The number of benzene rings is 2. The molecule has 0 radical (unpaired) electrons. The Labute approximate surface area is 149 Å². The molecule has 1 unspecified atom stereocenters. The minimum absolute atomic E-state index is 0.505. The number of hydrogen-bond donors (Lipinski definition) is 1. The van der Waals surface area contributed by atoms with Crippen molar-refractivity contribution < 1.29 is 5.11 Å². The second-order valence-electron chi connectivity index (χ2n) is 5.84. The Hall–Kier alpha value is -1.88. The quantitative estimate of drug-likeness (QED) is 0.730. The van der Waals surface area contributed by atoms with Gasteiger partial charge in [-0.25, -0.2) is 9.97 Å². The zero-order valence-electron chi connectivity index (χ0n) is 12.8. The van der Waals surface area contributed by atoms with E-state index in [2.05, 4.69) is 9.97 Å². The summed E-state index contributed by atoms with van der Waals surface area (Å²) in [6, 6.07) is 11.5. The van der Waals surface area contributed by atoms with Crippen LogP contribution in [0, 0.1) is 0 Å². The maximum Gasteiger partial charge on any atom is 0.142 e. The van der Waals surface area contributed by atoms with E-state index >= 15 is 0 Å². The lowest BCUT2D eigenvalue weighted by Crippen LogP contribution is -2.29. The molecule has 1 aliphatic heterocycles. The van der Waals surface area contributed by atoms with Gasteiger partial charge in [0.2, 0.25) is 0 Å². The summed E-state index contributed by atoms with van der Waals surface area (Å²) in [5, 5.41) is 12.2. The average molecular weight is 360 g/mol. The molecule has 1 fully saturated rings. The van der Waals surface area contributed by atoms with E-state index < -0.39 is 6.23 Å². The first-order valence-electron chi connectivity index (χ1n) is 7.79. The third-order valence-electron chi connectivity index (χ3n) is 4.37. The lowest BCUT2D eigenvalue weighted by molar-refractivity contribution is 0.185. The average Bonchev–Trinajstić information content (AvgIpc) is 3.02. The summed E-state index contributed by atoms with van der Waals surface area (Å²) in [6.07, 6.45) is 2.73. The zero-order chi connectivity index (χ0) is 16.7. The largest absolute Gasteiger partial charge is 0.374 e. The van der Waals surface area contributed by atoms with Crippen molar-refractivity contribution in [2.75, 3.05) is 11.4 Å². The molecule has 0 bridgehead atoms. The molecule has 2 aromatic carbocycles. The van der Waals surface area contributed by atoms with Gasteiger partial charge in [0.15, 0.2) is 0 Å². The van der Waals surface area contributed by atoms with E-state index in [4.69, 9.17) is 23.2 Å². The highest BCUT2D eigenvalue weighted by Gasteiger charge is 2.26. The topological polar surface area (TPSA) is 49.2 Å². The number of nitrogens with zero attached hydrogens (tertiary/aromatic N) is 3. The predicted octanol–water partition coefficient (Wildman–Crippen LogP) is 4.52. The van der Waals surface area contributed by atoms with Crippen molar-refractivity contribution in [3.63, 3.8) is 0 Å². The van der Waals surface area contributed by atoms with E-state index in [1.165, 1.54) is 0 Å². The number of anilines is 1. The Morgan fingerprint density at radius 3 is 2.71 bits per heavy atom. The molecular formula is C18H15Cl2N3O. The second kappa shape index (κ2) is 6.20. The first-order chi connectivity index (χ1) is 11.6. The lowest BCUT2D eigenvalue weighted by Gasteiger charge is -2.23. The van der Waals surface area contributed by atoms with E-state index in [9.17, 15) is 5.11 Å². The van der Waals surface area contributed by atoms with Crippen molar-refractivity contribution >= 4 is 39.9 Å². The molecule has 0 saturated carbocycles. The Balaban J connectivity index is 1.97. The monoisotopic (exact) mass is 359 g/mol. The van der Waals surface area contributed by atoms with Crippen LogP contribution in [0.5, 0.6) is 0 Å². The van der Waals surface area contributed by atoms with Crippen molar-refractivity contribution in [1.29, 1.82) is 0 Å². The highest BCUT2D eigenvalue weighted by Crippen LogP contribution is 2.37. The first-order valence-corrected chi connectivity index (χ1v) is 8.54. The molecule has 0 aliphatic carbocycles. The maximum absolute atomic E-state index is 10.3. The van der Waals surface area contributed by atoms with Crippen LogP contribution in [0.2, 0.25) is 10.0 Å². The highest BCUT2D eigenvalue weighted by molar-refractivity contribution is 6.42. The molecule has 1 N–H and O–H groups in total. The van der Waals surface area contributed by atoms with Crippen molar-refractivity contribution in [3.05, 3.63) is 52.8 Å². The van der Waals surface area contributed by atoms with Crippen LogP contribution >= 0.6 is 23.2 Å². The Kier molecular flexibility index (Phi) is 4.04. The van der Waals surface area contributed by atoms with Crippen LogP contribution in [-0.4, -0.2) is 27.8 Å². The number of aromatic nitrogens is 2. The fourth-order valence-electron chi connectivity index (χ4n) is 3.21.